The fraction of sp³-hybridized carbons (Fsp3) is 0.0800. The Hall–Kier alpha value is -4.47. The molecule has 0 saturated heterocycles. The van der Waals surface area contributed by atoms with Crippen molar-refractivity contribution in [1.29, 1.82) is 0 Å². The summed E-state index contributed by atoms with van der Waals surface area (Å²) in [6, 6.07) is 14.6. The molecule has 3 aromatic carbocycles. The van der Waals surface area contributed by atoms with E-state index in [-0.39, 0.29) is 18.0 Å². The standard InChI is InChI=1S/C25H17F4N3O3/c1-2-35-25(34)20-13-21(32(31-20)17-8-6-15(26)7-9-17)14-4-3-5-16(12-14)30-24(33)18-10-11-19(27)23(29)22(18)28/h3-13H,2H2,1H3,(H,30,33). The van der Waals surface area contributed by atoms with Crippen LogP contribution in [0.25, 0.3) is 16.9 Å². The van der Waals surface area contributed by atoms with Crippen LogP contribution in [0, 0.1) is 23.3 Å². The molecule has 4 aromatic rings. The van der Waals surface area contributed by atoms with Gasteiger partial charge in [0.2, 0.25) is 0 Å². The van der Waals surface area contributed by atoms with E-state index in [9.17, 15) is 27.2 Å². The van der Waals surface area contributed by atoms with Crippen LogP contribution >= 0.6 is 0 Å². The van der Waals surface area contributed by atoms with Crippen molar-refractivity contribution in [2.45, 2.75) is 6.92 Å². The minimum absolute atomic E-state index is 0.00414. The van der Waals surface area contributed by atoms with Gasteiger partial charge in [-0.1, -0.05) is 12.1 Å². The van der Waals surface area contributed by atoms with Gasteiger partial charge in [0.25, 0.3) is 5.91 Å². The summed E-state index contributed by atoms with van der Waals surface area (Å²) in [5.74, 6) is -6.87. The van der Waals surface area contributed by atoms with E-state index in [1.807, 2.05) is 0 Å². The van der Waals surface area contributed by atoms with Gasteiger partial charge in [-0.25, -0.2) is 27.0 Å². The summed E-state index contributed by atoms with van der Waals surface area (Å²) in [4.78, 5) is 24.7. The summed E-state index contributed by atoms with van der Waals surface area (Å²) < 4.78 is 60.6. The van der Waals surface area contributed by atoms with Crippen molar-refractivity contribution < 1.29 is 31.9 Å². The molecule has 0 spiro atoms. The van der Waals surface area contributed by atoms with Crippen molar-refractivity contribution in [2.75, 3.05) is 11.9 Å². The maximum Gasteiger partial charge on any atom is 0.358 e. The highest BCUT2D eigenvalue weighted by Gasteiger charge is 2.20. The van der Waals surface area contributed by atoms with Crippen LogP contribution in [-0.4, -0.2) is 28.3 Å². The number of halogens is 4. The van der Waals surface area contributed by atoms with Crippen LogP contribution in [0.1, 0.15) is 27.8 Å². The molecule has 0 aliphatic heterocycles. The summed E-state index contributed by atoms with van der Waals surface area (Å²) in [6.45, 7) is 1.79. The summed E-state index contributed by atoms with van der Waals surface area (Å²) in [5.41, 5.74) is 0.895. The third kappa shape index (κ3) is 4.91. The number of nitrogens with zero attached hydrogens (tertiary/aromatic N) is 2. The second-order valence-corrected chi connectivity index (χ2v) is 7.28. The molecule has 35 heavy (non-hydrogen) atoms. The Morgan fingerprint density at radius 1 is 0.943 bits per heavy atom. The van der Waals surface area contributed by atoms with Crippen LogP contribution in [0.5, 0.6) is 0 Å². The molecular formula is C25H17F4N3O3. The highest BCUT2D eigenvalue weighted by Crippen LogP contribution is 2.27. The number of hydrogen-bond donors (Lipinski definition) is 1. The molecule has 178 valence electrons. The Bertz CT molecular complexity index is 1420. The first-order chi connectivity index (χ1) is 16.8. The lowest BCUT2D eigenvalue weighted by Crippen LogP contribution is -2.15. The summed E-state index contributed by atoms with van der Waals surface area (Å²) in [6.07, 6.45) is 0. The Morgan fingerprint density at radius 2 is 1.69 bits per heavy atom. The number of hydrogen-bond acceptors (Lipinski definition) is 4. The molecule has 4 rings (SSSR count). The van der Waals surface area contributed by atoms with Gasteiger partial charge in [-0.15, -0.1) is 0 Å². The van der Waals surface area contributed by atoms with Gasteiger partial charge < -0.3 is 10.1 Å². The zero-order chi connectivity index (χ0) is 25.1. The van der Waals surface area contributed by atoms with Gasteiger partial charge in [0.1, 0.15) is 5.82 Å². The molecule has 1 N–H and O–H groups in total. The Balaban J connectivity index is 1.71. The lowest BCUT2D eigenvalue weighted by Gasteiger charge is -2.11. The number of carbonyl (C=O) groups excluding carboxylic acids is 2. The van der Waals surface area contributed by atoms with Crippen molar-refractivity contribution in [2.24, 2.45) is 0 Å². The van der Waals surface area contributed by atoms with Crippen molar-refractivity contribution >= 4 is 17.6 Å². The van der Waals surface area contributed by atoms with E-state index in [0.717, 1.165) is 6.07 Å². The van der Waals surface area contributed by atoms with Crippen molar-refractivity contribution in [1.82, 2.24) is 9.78 Å². The number of carbonyl (C=O) groups is 2. The molecule has 0 radical (unpaired) electrons. The Kier molecular flexibility index (Phi) is 6.63. The van der Waals surface area contributed by atoms with Crippen LogP contribution in [0.4, 0.5) is 23.2 Å². The van der Waals surface area contributed by atoms with Crippen LogP contribution < -0.4 is 5.32 Å². The molecule has 1 aromatic heterocycles. The van der Waals surface area contributed by atoms with Gasteiger partial charge >= 0.3 is 5.97 Å². The number of rotatable bonds is 6. The van der Waals surface area contributed by atoms with Gasteiger partial charge in [-0.2, -0.15) is 5.10 Å². The largest absolute Gasteiger partial charge is 0.461 e. The van der Waals surface area contributed by atoms with Gasteiger partial charge in [-0.3, -0.25) is 4.79 Å². The third-order valence-corrected chi connectivity index (χ3v) is 4.96. The molecule has 0 fully saturated rings. The number of amides is 1. The molecule has 1 amide bonds. The first-order valence-corrected chi connectivity index (χ1v) is 10.4. The molecule has 0 unspecified atom stereocenters. The predicted molar refractivity (Wildman–Crippen MR) is 119 cm³/mol. The second kappa shape index (κ2) is 9.80. The van der Waals surface area contributed by atoms with E-state index in [1.54, 1.807) is 19.1 Å². The predicted octanol–water partition coefficient (Wildman–Crippen LogP) is 5.52. The lowest BCUT2D eigenvalue weighted by atomic mass is 10.1. The molecule has 0 aliphatic rings. The molecule has 0 atom stereocenters. The van der Waals surface area contributed by atoms with Gasteiger partial charge in [0.05, 0.1) is 23.6 Å². The number of esters is 1. The van der Waals surface area contributed by atoms with Crippen molar-refractivity contribution in [3.8, 4) is 16.9 Å². The average molecular weight is 483 g/mol. The van der Waals surface area contributed by atoms with E-state index in [1.165, 1.54) is 47.1 Å². The van der Waals surface area contributed by atoms with Crippen LogP contribution in [0.2, 0.25) is 0 Å². The Morgan fingerprint density at radius 3 is 2.40 bits per heavy atom. The normalized spacial score (nSPS) is 10.8. The third-order valence-electron chi connectivity index (χ3n) is 4.96. The zero-order valence-electron chi connectivity index (χ0n) is 18.2. The van der Waals surface area contributed by atoms with Crippen LogP contribution in [0.15, 0.2) is 66.7 Å². The monoisotopic (exact) mass is 483 g/mol. The fourth-order valence-electron chi connectivity index (χ4n) is 3.33. The highest BCUT2D eigenvalue weighted by atomic mass is 19.2. The molecule has 0 aliphatic carbocycles. The van der Waals surface area contributed by atoms with Crippen LogP contribution in [0.3, 0.4) is 0 Å². The smallest absolute Gasteiger partial charge is 0.358 e. The summed E-state index contributed by atoms with van der Waals surface area (Å²) in [5, 5.41) is 6.71. The van der Waals surface area contributed by atoms with E-state index < -0.39 is 40.7 Å². The quantitative estimate of drug-likeness (QED) is 0.223. The average Bonchev–Trinajstić information content (AvgIpc) is 3.29. The zero-order valence-corrected chi connectivity index (χ0v) is 18.2. The maximum atomic E-state index is 14.0. The fourth-order valence-corrected chi connectivity index (χ4v) is 3.33. The van der Waals surface area contributed by atoms with Crippen molar-refractivity contribution in [3.63, 3.8) is 0 Å². The number of benzene rings is 3. The minimum Gasteiger partial charge on any atom is -0.461 e. The van der Waals surface area contributed by atoms with E-state index in [0.29, 0.717) is 23.0 Å². The SMILES string of the molecule is CCOC(=O)c1cc(-c2cccc(NC(=O)c3ccc(F)c(F)c3F)c2)n(-c2ccc(F)cc2)n1. The van der Waals surface area contributed by atoms with E-state index in [4.69, 9.17) is 4.74 Å². The minimum atomic E-state index is -1.75. The van der Waals surface area contributed by atoms with Gasteiger partial charge in [-0.05, 0) is 61.5 Å². The number of ether oxygens (including phenoxy) is 1. The topological polar surface area (TPSA) is 73.2 Å². The van der Waals surface area contributed by atoms with Crippen molar-refractivity contribution in [3.05, 3.63) is 101 Å². The van der Waals surface area contributed by atoms with E-state index in [2.05, 4.69) is 10.4 Å². The molecule has 1 heterocycles. The van der Waals surface area contributed by atoms with E-state index >= 15 is 0 Å². The first-order valence-electron chi connectivity index (χ1n) is 10.4. The van der Waals surface area contributed by atoms with Crippen LogP contribution in [-0.2, 0) is 4.74 Å². The molecular weight excluding hydrogens is 466 g/mol. The molecule has 10 heteroatoms. The summed E-state index contributed by atoms with van der Waals surface area (Å²) >= 11 is 0. The van der Waals surface area contributed by atoms with Gasteiger partial charge in [0, 0.05) is 11.3 Å². The Labute approximate surface area is 196 Å². The summed E-state index contributed by atoms with van der Waals surface area (Å²) in [7, 11) is 0. The number of nitrogens with one attached hydrogen (secondary N) is 1. The lowest BCUT2D eigenvalue weighted by molar-refractivity contribution is 0.0518. The molecule has 0 saturated carbocycles. The molecule has 6 nitrogen and oxygen atoms in total. The maximum absolute atomic E-state index is 14.0. The molecule has 0 bridgehead atoms. The number of anilines is 1. The first kappa shape index (κ1) is 23.7. The second-order valence-electron chi connectivity index (χ2n) is 7.28. The highest BCUT2D eigenvalue weighted by molar-refractivity contribution is 6.04. The number of aromatic nitrogens is 2. The van der Waals surface area contributed by atoms with Gasteiger partial charge in [0.15, 0.2) is 23.1 Å².